The number of aryl methyl sites for hydroxylation is 3. The number of amides is 1. The highest BCUT2D eigenvalue weighted by atomic mass is 32.1. The molecule has 0 radical (unpaired) electrons. The molecule has 0 N–H and O–H groups in total. The number of hydrogen-bond acceptors (Lipinski definition) is 2. The number of aromatic nitrogens is 1. The average molecular weight is 302 g/mol. The van der Waals surface area contributed by atoms with Crippen molar-refractivity contribution in [1.82, 2.24) is 4.57 Å². The maximum atomic E-state index is 12.4. The second-order valence-corrected chi connectivity index (χ2v) is 7.14. The van der Waals surface area contributed by atoms with Gasteiger partial charge in [0.1, 0.15) is 0 Å². The van der Waals surface area contributed by atoms with Crippen LogP contribution in [-0.2, 0) is 11.8 Å². The van der Waals surface area contributed by atoms with E-state index in [1.807, 2.05) is 7.05 Å². The van der Waals surface area contributed by atoms with Gasteiger partial charge >= 0.3 is 0 Å². The minimum atomic E-state index is 0.0752. The SMILES string of the molecule is Cc1cc(C)c2sc(=NC(=O)C3CCCCC3)n(C)c2c1. The summed E-state index contributed by atoms with van der Waals surface area (Å²) in [6.45, 7) is 4.23. The molecular formula is C17H22N2OS. The van der Waals surface area contributed by atoms with Crippen molar-refractivity contribution in [3.8, 4) is 0 Å². The Balaban J connectivity index is 2.03. The van der Waals surface area contributed by atoms with Crippen LogP contribution in [0.5, 0.6) is 0 Å². The maximum absolute atomic E-state index is 12.4. The third kappa shape index (κ3) is 2.82. The zero-order valence-electron chi connectivity index (χ0n) is 13.0. The van der Waals surface area contributed by atoms with Gasteiger partial charge in [-0.05, 0) is 43.9 Å². The number of rotatable bonds is 1. The van der Waals surface area contributed by atoms with Crippen molar-refractivity contribution < 1.29 is 4.79 Å². The van der Waals surface area contributed by atoms with E-state index in [0.29, 0.717) is 0 Å². The predicted octanol–water partition coefficient (Wildman–Crippen LogP) is 3.86. The molecule has 0 bridgehead atoms. The quantitative estimate of drug-likeness (QED) is 0.787. The molecular weight excluding hydrogens is 280 g/mol. The molecule has 0 saturated heterocycles. The molecule has 112 valence electrons. The second kappa shape index (κ2) is 5.76. The molecule has 1 heterocycles. The first-order valence-electron chi connectivity index (χ1n) is 7.71. The third-order valence-corrected chi connectivity index (χ3v) is 5.68. The summed E-state index contributed by atoms with van der Waals surface area (Å²) in [6, 6.07) is 4.36. The first kappa shape index (κ1) is 14.5. The molecule has 4 heteroatoms. The monoisotopic (exact) mass is 302 g/mol. The van der Waals surface area contributed by atoms with Crippen LogP contribution >= 0.6 is 11.3 Å². The lowest BCUT2D eigenvalue weighted by Gasteiger charge is -2.17. The summed E-state index contributed by atoms with van der Waals surface area (Å²) in [6.07, 6.45) is 5.62. The van der Waals surface area contributed by atoms with E-state index in [1.54, 1.807) is 11.3 Å². The van der Waals surface area contributed by atoms with Gasteiger partial charge in [0.2, 0.25) is 0 Å². The van der Waals surface area contributed by atoms with Crippen LogP contribution < -0.4 is 4.80 Å². The molecule has 1 aromatic carbocycles. The Bertz CT molecular complexity index is 748. The van der Waals surface area contributed by atoms with Crippen molar-refractivity contribution in [2.45, 2.75) is 46.0 Å². The fourth-order valence-electron chi connectivity index (χ4n) is 3.21. The molecule has 0 aliphatic heterocycles. The fraction of sp³-hybridized carbons (Fsp3) is 0.529. The van der Waals surface area contributed by atoms with Crippen molar-refractivity contribution in [3.63, 3.8) is 0 Å². The smallest absolute Gasteiger partial charge is 0.251 e. The minimum absolute atomic E-state index is 0.0752. The summed E-state index contributed by atoms with van der Waals surface area (Å²) in [7, 11) is 2.00. The lowest BCUT2D eigenvalue weighted by Crippen LogP contribution is -2.20. The molecule has 1 amide bonds. The van der Waals surface area contributed by atoms with Crippen molar-refractivity contribution in [1.29, 1.82) is 0 Å². The van der Waals surface area contributed by atoms with E-state index >= 15 is 0 Å². The van der Waals surface area contributed by atoms with Crippen molar-refractivity contribution in [2.75, 3.05) is 0 Å². The zero-order valence-corrected chi connectivity index (χ0v) is 13.8. The molecule has 0 spiro atoms. The normalized spacial score (nSPS) is 17.6. The largest absolute Gasteiger partial charge is 0.319 e. The summed E-state index contributed by atoms with van der Waals surface area (Å²) in [5.74, 6) is 0.220. The predicted molar refractivity (Wildman–Crippen MR) is 87.4 cm³/mol. The molecule has 21 heavy (non-hydrogen) atoms. The molecule has 1 aliphatic rings. The van der Waals surface area contributed by atoms with Crippen molar-refractivity contribution in [2.24, 2.45) is 18.0 Å². The van der Waals surface area contributed by atoms with Crippen LogP contribution in [0.25, 0.3) is 10.2 Å². The van der Waals surface area contributed by atoms with Gasteiger partial charge in [0.05, 0.1) is 10.2 Å². The summed E-state index contributed by atoms with van der Waals surface area (Å²) in [5.41, 5.74) is 3.68. The second-order valence-electron chi connectivity index (χ2n) is 6.16. The van der Waals surface area contributed by atoms with E-state index < -0.39 is 0 Å². The Labute approximate surface area is 129 Å². The Morgan fingerprint density at radius 3 is 2.67 bits per heavy atom. The molecule has 3 rings (SSSR count). The number of benzene rings is 1. The number of fused-ring (bicyclic) bond motifs is 1. The minimum Gasteiger partial charge on any atom is -0.319 e. The molecule has 1 saturated carbocycles. The van der Waals surface area contributed by atoms with Crippen LogP contribution in [-0.4, -0.2) is 10.5 Å². The number of nitrogens with zero attached hydrogens (tertiary/aromatic N) is 2. The summed E-state index contributed by atoms with van der Waals surface area (Å²) in [4.78, 5) is 17.6. The lowest BCUT2D eigenvalue weighted by molar-refractivity contribution is -0.122. The number of carbonyl (C=O) groups excluding carboxylic acids is 1. The highest BCUT2D eigenvalue weighted by Gasteiger charge is 2.20. The van der Waals surface area contributed by atoms with Crippen molar-refractivity contribution >= 4 is 27.5 Å². The van der Waals surface area contributed by atoms with Crippen LogP contribution in [0.15, 0.2) is 17.1 Å². The summed E-state index contributed by atoms with van der Waals surface area (Å²) in [5, 5.41) is 0. The molecule has 2 aromatic rings. The van der Waals surface area contributed by atoms with Gasteiger partial charge in [-0.15, -0.1) is 0 Å². The summed E-state index contributed by atoms with van der Waals surface area (Å²) < 4.78 is 3.29. The van der Waals surface area contributed by atoms with Gasteiger partial charge < -0.3 is 4.57 Å². The maximum Gasteiger partial charge on any atom is 0.251 e. The van der Waals surface area contributed by atoms with Crippen molar-refractivity contribution in [3.05, 3.63) is 28.1 Å². The van der Waals surface area contributed by atoms with E-state index in [9.17, 15) is 4.79 Å². The van der Waals surface area contributed by atoms with E-state index in [0.717, 1.165) is 17.6 Å². The van der Waals surface area contributed by atoms with Crippen LogP contribution in [0.1, 0.15) is 43.2 Å². The Hall–Kier alpha value is -1.42. The van der Waals surface area contributed by atoms with Crippen LogP contribution in [0.4, 0.5) is 0 Å². The van der Waals surface area contributed by atoms with Crippen LogP contribution in [0.2, 0.25) is 0 Å². The lowest BCUT2D eigenvalue weighted by atomic mass is 9.89. The first-order valence-corrected chi connectivity index (χ1v) is 8.53. The first-order chi connectivity index (χ1) is 10.1. The standard InChI is InChI=1S/C17H22N2OS/c1-11-9-12(2)15-14(10-11)19(3)17(21-15)18-16(20)13-7-5-4-6-8-13/h9-10,13H,4-8H2,1-3H3. The van der Waals surface area contributed by atoms with Gasteiger partial charge in [-0.2, -0.15) is 4.99 Å². The van der Waals surface area contributed by atoms with Gasteiger partial charge in [-0.1, -0.05) is 36.7 Å². The summed E-state index contributed by atoms with van der Waals surface area (Å²) >= 11 is 1.63. The third-order valence-electron chi connectivity index (χ3n) is 4.40. The Kier molecular flexibility index (Phi) is 3.98. The Morgan fingerprint density at radius 2 is 1.95 bits per heavy atom. The van der Waals surface area contributed by atoms with Crippen LogP contribution in [0, 0.1) is 19.8 Å². The van der Waals surface area contributed by atoms with Gasteiger partial charge in [-0.25, -0.2) is 0 Å². The Morgan fingerprint density at radius 1 is 1.24 bits per heavy atom. The topological polar surface area (TPSA) is 34.4 Å². The molecule has 1 fully saturated rings. The molecule has 1 aliphatic carbocycles. The van der Waals surface area contributed by atoms with Gasteiger partial charge in [-0.3, -0.25) is 4.79 Å². The molecule has 3 nitrogen and oxygen atoms in total. The van der Waals surface area contributed by atoms with E-state index in [1.165, 1.54) is 40.6 Å². The number of carbonyl (C=O) groups is 1. The zero-order chi connectivity index (χ0) is 15.0. The molecule has 0 atom stereocenters. The highest BCUT2D eigenvalue weighted by Crippen LogP contribution is 2.25. The van der Waals surface area contributed by atoms with Gasteiger partial charge in [0.25, 0.3) is 5.91 Å². The van der Waals surface area contributed by atoms with E-state index in [4.69, 9.17) is 0 Å². The van der Waals surface area contributed by atoms with Crippen LogP contribution in [0.3, 0.4) is 0 Å². The van der Waals surface area contributed by atoms with E-state index in [-0.39, 0.29) is 11.8 Å². The number of hydrogen-bond donors (Lipinski definition) is 0. The number of thiazole rings is 1. The van der Waals surface area contributed by atoms with Gasteiger partial charge in [0, 0.05) is 13.0 Å². The van der Waals surface area contributed by atoms with Gasteiger partial charge in [0.15, 0.2) is 4.80 Å². The molecule has 0 unspecified atom stereocenters. The average Bonchev–Trinajstić information content (AvgIpc) is 2.78. The van der Waals surface area contributed by atoms with E-state index in [2.05, 4.69) is 35.5 Å². The fourth-order valence-corrected chi connectivity index (χ4v) is 4.28. The highest BCUT2D eigenvalue weighted by molar-refractivity contribution is 7.16. The molecule has 1 aromatic heterocycles.